The van der Waals surface area contributed by atoms with Gasteiger partial charge in [0, 0.05) is 12.1 Å². The van der Waals surface area contributed by atoms with Crippen LogP contribution >= 0.6 is 0 Å². The number of carbonyl (C=O) groups excluding carboxylic acids is 2. The van der Waals surface area contributed by atoms with Crippen molar-refractivity contribution in [1.29, 1.82) is 0 Å². The topological polar surface area (TPSA) is 46.6 Å². The molecule has 4 heteroatoms. The zero-order chi connectivity index (χ0) is 12.3. The first-order chi connectivity index (χ1) is 7.29. The van der Waals surface area contributed by atoms with Gasteiger partial charge < -0.3 is 9.64 Å². The average Bonchev–Trinajstić information content (AvgIpc) is 2.15. The Labute approximate surface area is 96.3 Å². The van der Waals surface area contributed by atoms with Gasteiger partial charge in [-0.15, -0.1) is 0 Å². The summed E-state index contributed by atoms with van der Waals surface area (Å²) in [6.07, 6.45) is 2.26. The van der Waals surface area contributed by atoms with Crippen LogP contribution in [0.25, 0.3) is 0 Å². The van der Waals surface area contributed by atoms with Crippen molar-refractivity contribution < 1.29 is 14.3 Å². The van der Waals surface area contributed by atoms with E-state index >= 15 is 0 Å². The molecule has 1 rings (SSSR count). The Morgan fingerprint density at radius 2 is 2.00 bits per heavy atom. The van der Waals surface area contributed by atoms with Crippen LogP contribution in [0, 0.1) is 0 Å². The van der Waals surface area contributed by atoms with Gasteiger partial charge in [-0.25, -0.2) is 4.79 Å². The van der Waals surface area contributed by atoms with Gasteiger partial charge >= 0.3 is 6.09 Å². The summed E-state index contributed by atoms with van der Waals surface area (Å²) in [5.41, 5.74) is 0.200. The van der Waals surface area contributed by atoms with E-state index in [0.717, 1.165) is 0 Å². The number of carbonyl (C=O) groups is 2. The van der Waals surface area contributed by atoms with E-state index in [1.165, 1.54) is 6.92 Å². The zero-order valence-corrected chi connectivity index (χ0v) is 10.4. The number of hydrogen-bond donors (Lipinski definition) is 0. The molecule has 0 aromatic rings. The van der Waals surface area contributed by atoms with Crippen molar-refractivity contribution >= 4 is 11.9 Å². The summed E-state index contributed by atoms with van der Waals surface area (Å²) in [4.78, 5) is 24.5. The van der Waals surface area contributed by atoms with Crippen LogP contribution in [0.15, 0.2) is 11.6 Å². The fourth-order valence-corrected chi connectivity index (χ4v) is 1.48. The second-order valence-corrected chi connectivity index (χ2v) is 4.98. The van der Waals surface area contributed by atoms with Crippen molar-refractivity contribution in [3.05, 3.63) is 11.6 Å². The molecule has 16 heavy (non-hydrogen) atoms. The molecule has 0 saturated carbocycles. The summed E-state index contributed by atoms with van der Waals surface area (Å²) in [5.74, 6) is 0.0215. The van der Waals surface area contributed by atoms with E-state index in [-0.39, 0.29) is 11.9 Å². The monoisotopic (exact) mass is 225 g/mol. The molecule has 0 saturated heterocycles. The minimum atomic E-state index is -0.491. The van der Waals surface area contributed by atoms with Crippen molar-refractivity contribution in [3.8, 4) is 0 Å². The molecule has 0 spiro atoms. The summed E-state index contributed by atoms with van der Waals surface area (Å²) in [6.45, 7) is 7.99. The Balaban J connectivity index is 2.60. The highest BCUT2D eigenvalue weighted by Crippen LogP contribution is 2.15. The zero-order valence-electron chi connectivity index (χ0n) is 10.4. The summed E-state index contributed by atoms with van der Waals surface area (Å²) < 4.78 is 5.25. The Kier molecular flexibility index (Phi) is 3.73. The lowest BCUT2D eigenvalue weighted by Gasteiger charge is -2.29. The molecular weight excluding hydrogens is 206 g/mol. The van der Waals surface area contributed by atoms with Crippen molar-refractivity contribution in [2.75, 3.05) is 13.1 Å². The SMILES string of the molecule is CC(=O)C1=CCCN(C(=O)OC(C)(C)C)C1. The van der Waals surface area contributed by atoms with E-state index in [2.05, 4.69) is 0 Å². The van der Waals surface area contributed by atoms with E-state index in [0.29, 0.717) is 25.1 Å². The second-order valence-electron chi connectivity index (χ2n) is 4.98. The lowest BCUT2D eigenvalue weighted by atomic mass is 10.1. The normalized spacial score (nSPS) is 16.8. The Morgan fingerprint density at radius 3 is 2.50 bits per heavy atom. The molecule has 0 atom stereocenters. The number of Topliss-reactive ketones (excluding diaryl/α,β-unsaturated/α-hetero) is 1. The van der Waals surface area contributed by atoms with Gasteiger partial charge in [0.25, 0.3) is 0 Å². The van der Waals surface area contributed by atoms with Gasteiger partial charge in [0.1, 0.15) is 5.60 Å². The quantitative estimate of drug-likeness (QED) is 0.687. The van der Waals surface area contributed by atoms with Crippen LogP contribution in [-0.2, 0) is 9.53 Å². The fourth-order valence-electron chi connectivity index (χ4n) is 1.48. The third-order valence-electron chi connectivity index (χ3n) is 2.25. The van der Waals surface area contributed by atoms with Crippen LogP contribution in [0.5, 0.6) is 0 Å². The molecule has 0 unspecified atom stereocenters. The highest BCUT2D eigenvalue weighted by atomic mass is 16.6. The van der Waals surface area contributed by atoms with Gasteiger partial charge in [0.05, 0.1) is 6.54 Å². The standard InChI is InChI=1S/C12H19NO3/c1-9(14)10-6-5-7-13(8-10)11(15)16-12(2,3)4/h6H,5,7-8H2,1-4H3. The Hall–Kier alpha value is -1.32. The largest absolute Gasteiger partial charge is 0.444 e. The third-order valence-corrected chi connectivity index (χ3v) is 2.25. The van der Waals surface area contributed by atoms with Gasteiger partial charge in [-0.05, 0) is 34.1 Å². The summed E-state index contributed by atoms with van der Waals surface area (Å²) >= 11 is 0. The molecule has 0 bridgehead atoms. The van der Waals surface area contributed by atoms with Crippen molar-refractivity contribution in [3.63, 3.8) is 0 Å². The van der Waals surface area contributed by atoms with Gasteiger partial charge in [0.2, 0.25) is 0 Å². The molecule has 0 aliphatic carbocycles. The average molecular weight is 225 g/mol. The Morgan fingerprint density at radius 1 is 1.38 bits per heavy atom. The molecule has 0 aromatic heterocycles. The van der Waals surface area contributed by atoms with Crippen LogP contribution in [0.4, 0.5) is 4.79 Å². The summed E-state index contributed by atoms with van der Waals surface area (Å²) in [6, 6.07) is 0. The molecule has 1 aliphatic heterocycles. The van der Waals surface area contributed by atoms with Crippen LogP contribution in [0.3, 0.4) is 0 Å². The minimum absolute atomic E-state index is 0.0215. The first-order valence-corrected chi connectivity index (χ1v) is 5.47. The van der Waals surface area contributed by atoms with Crippen LogP contribution < -0.4 is 0 Å². The van der Waals surface area contributed by atoms with Crippen molar-refractivity contribution in [2.45, 2.75) is 39.7 Å². The molecular formula is C12H19NO3. The lowest BCUT2D eigenvalue weighted by Crippen LogP contribution is -2.40. The van der Waals surface area contributed by atoms with E-state index in [1.807, 2.05) is 26.8 Å². The van der Waals surface area contributed by atoms with Gasteiger partial charge in [-0.1, -0.05) is 6.08 Å². The number of hydrogen-bond acceptors (Lipinski definition) is 3. The van der Waals surface area contributed by atoms with Gasteiger partial charge in [-0.2, -0.15) is 0 Å². The van der Waals surface area contributed by atoms with Crippen molar-refractivity contribution in [2.24, 2.45) is 0 Å². The number of rotatable bonds is 1. The maximum Gasteiger partial charge on any atom is 0.410 e. The highest BCUT2D eigenvalue weighted by Gasteiger charge is 2.25. The third kappa shape index (κ3) is 3.68. The van der Waals surface area contributed by atoms with Crippen LogP contribution in [0.1, 0.15) is 34.1 Å². The molecule has 4 nitrogen and oxygen atoms in total. The lowest BCUT2D eigenvalue weighted by molar-refractivity contribution is -0.113. The number of ketones is 1. The second kappa shape index (κ2) is 4.68. The fraction of sp³-hybridized carbons (Fsp3) is 0.667. The first kappa shape index (κ1) is 12.7. The summed E-state index contributed by atoms with van der Waals surface area (Å²) in [7, 11) is 0. The number of nitrogens with zero attached hydrogens (tertiary/aromatic N) is 1. The molecule has 0 fully saturated rings. The smallest absolute Gasteiger partial charge is 0.410 e. The molecule has 0 aromatic carbocycles. The van der Waals surface area contributed by atoms with Crippen molar-refractivity contribution in [1.82, 2.24) is 4.90 Å². The molecule has 0 radical (unpaired) electrons. The maximum atomic E-state index is 11.7. The van der Waals surface area contributed by atoms with Crippen LogP contribution in [-0.4, -0.2) is 35.5 Å². The predicted octanol–water partition coefficient (Wildman–Crippen LogP) is 2.14. The van der Waals surface area contributed by atoms with E-state index in [4.69, 9.17) is 4.74 Å². The number of amides is 1. The molecule has 1 amide bonds. The number of ether oxygens (including phenoxy) is 1. The Bertz CT molecular complexity index is 326. The molecule has 1 aliphatic rings. The summed E-state index contributed by atoms with van der Waals surface area (Å²) in [5, 5.41) is 0. The van der Waals surface area contributed by atoms with Gasteiger partial charge in [-0.3, -0.25) is 4.79 Å². The van der Waals surface area contributed by atoms with E-state index in [9.17, 15) is 9.59 Å². The van der Waals surface area contributed by atoms with Gasteiger partial charge in [0.15, 0.2) is 5.78 Å². The molecule has 0 N–H and O–H groups in total. The highest BCUT2D eigenvalue weighted by molar-refractivity contribution is 5.94. The minimum Gasteiger partial charge on any atom is -0.444 e. The first-order valence-electron chi connectivity index (χ1n) is 5.47. The molecule has 1 heterocycles. The molecule has 90 valence electrons. The van der Waals surface area contributed by atoms with Crippen LogP contribution in [0.2, 0.25) is 0 Å². The van der Waals surface area contributed by atoms with E-state index < -0.39 is 5.60 Å². The maximum absolute atomic E-state index is 11.7. The van der Waals surface area contributed by atoms with E-state index in [1.54, 1.807) is 4.90 Å². The predicted molar refractivity (Wildman–Crippen MR) is 61.2 cm³/mol.